The second-order valence-electron chi connectivity index (χ2n) is 6.91. The van der Waals surface area contributed by atoms with E-state index in [2.05, 4.69) is 4.98 Å². The Morgan fingerprint density at radius 1 is 1.10 bits per heavy atom. The summed E-state index contributed by atoms with van der Waals surface area (Å²) in [6, 6.07) is 14.7. The van der Waals surface area contributed by atoms with Gasteiger partial charge in [-0.3, -0.25) is 14.2 Å². The third-order valence-corrected chi connectivity index (χ3v) is 5.81. The molecular formula is C22H18ClN3O2S. The average Bonchev–Trinajstić information content (AvgIpc) is 3.15. The zero-order valence-electron chi connectivity index (χ0n) is 15.9. The molecule has 0 aliphatic heterocycles. The van der Waals surface area contributed by atoms with Gasteiger partial charge in [-0.1, -0.05) is 35.9 Å². The summed E-state index contributed by atoms with van der Waals surface area (Å²) in [6.07, 6.45) is 1.58. The maximum atomic E-state index is 13.2. The number of nitrogens with zero attached hydrogens (tertiary/aromatic N) is 3. The van der Waals surface area contributed by atoms with Crippen LogP contribution in [0.4, 0.5) is 0 Å². The number of rotatable bonds is 4. The van der Waals surface area contributed by atoms with E-state index in [1.807, 2.05) is 41.8 Å². The van der Waals surface area contributed by atoms with E-state index >= 15 is 0 Å². The van der Waals surface area contributed by atoms with Crippen molar-refractivity contribution >= 4 is 39.1 Å². The lowest BCUT2D eigenvalue weighted by atomic mass is 10.1. The maximum Gasteiger partial charge on any atom is 0.263 e. The van der Waals surface area contributed by atoms with Crippen LogP contribution in [-0.4, -0.2) is 34.5 Å². The van der Waals surface area contributed by atoms with Crippen LogP contribution in [-0.2, 0) is 6.54 Å². The van der Waals surface area contributed by atoms with Gasteiger partial charge in [-0.25, -0.2) is 4.98 Å². The quantitative estimate of drug-likeness (QED) is 0.484. The van der Waals surface area contributed by atoms with Crippen LogP contribution < -0.4 is 5.56 Å². The Balaban J connectivity index is 1.69. The van der Waals surface area contributed by atoms with Crippen LogP contribution in [0, 0.1) is 0 Å². The molecule has 0 unspecified atom stereocenters. The first-order chi connectivity index (χ1) is 13.9. The third kappa shape index (κ3) is 3.81. The standard InChI is InChI=1S/C22H18ClN3O2S/c1-25(2)21(27)16-5-3-14(4-6-16)11-26-13-24-20-19(22(26)28)18(12-29-20)15-7-9-17(23)10-8-15/h3-10,12-13H,11H2,1-2H3. The molecule has 0 N–H and O–H groups in total. The van der Waals surface area contributed by atoms with Crippen LogP contribution in [0.15, 0.2) is 65.0 Å². The molecule has 0 radical (unpaired) electrons. The lowest BCUT2D eigenvalue weighted by Crippen LogP contribution is -2.22. The second-order valence-corrected chi connectivity index (χ2v) is 8.21. The van der Waals surface area contributed by atoms with Gasteiger partial charge in [0.2, 0.25) is 0 Å². The fourth-order valence-electron chi connectivity index (χ4n) is 3.13. The molecule has 2 heterocycles. The second kappa shape index (κ2) is 7.81. The van der Waals surface area contributed by atoms with E-state index in [4.69, 9.17) is 11.6 Å². The first kappa shape index (κ1) is 19.4. The number of fused-ring (bicyclic) bond motifs is 1. The number of carbonyl (C=O) groups is 1. The monoisotopic (exact) mass is 423 g/mol. The SMILES string of the molecule is CN(C)C(=O)c1ccc(Cn2cnc3scc(-c4ccc(Cl)cc4)c3c2=O)cc1. The van der Waals surface area contributed by atoms with Crippen LogP contribution in [0.3, 0.4) is 0 Å². The number of amides is 1. The number of thiophene rings is 1. The van der Waals surface area contributed by atoms with Crippen molar-refractivity contribution in [3.63, 3.8) is 0 Å². The van der Waals surface area contributed by atoms with Gasteiger partial charge in [0, 0.05) is 35.6 Å². The largest absolute Gasteiger partial charge is 0.345 e. The number of aromatic nitrogens is 2. The molecule has 0 aliphatic carbocycles. The van der Waals surface area contributed by atoms with Gasteiger partial charge in [0.1, 0.15) is 4.83 Å². The summed E-state index contributed by atoms with van der Waals surface area (Å²) in [7, 11) is 3.44. The zero-order chi connectivity index (χ0) is 20.5. The Morgan fingerprint density at radius 2 is 1.79 bits per heavy atom. The van der Waals surface area contributed by atoms with E-state index in [0.717, 1.165) is 16.7 Å². The van der Waals surface area contributed by atoms with Crippen molar-refractivity contribution in [3.8, 4) is 11.1 Å². The highest BCUT2D eigenvalue weighted by atomic mass is 35.5. The van der Waals surface area contributed by atoms with Crippen LogP contribution in [0.1, 0.15) is 15.9 Å². The molecule has 0 spiro atoms. The van der Waals surface area contributed by atoms with E-state index in [0.29, 0.717) is 27.3 Å². The summed E-state index contributed by atoms with van der Waals surface area (Å²) >= 11 is 7.44. The van der Waals surface area contributed by atoms with Crippen LogP contribution in [0.2, 0.25) is 5.02 Å². The summed E-state index contributed by atoms with van der Waals surface area (Å²) in [6.45, 7) is 0.383. The van der Waals surface area contributed by atoms with Gasteiger partial charge in [-0.15, -0.1) is 11.3 Å². The summed E-state index contributed by atoms with van der Waals surface area (Å²) < 4.78 is 1.59. The minimum Gasteiger partial charge on any atom is -0.345 e. The van der Waals surface area contributed by atoms with Crippen molar-refractivity contribution < 1.29 is 4.79 Å². The molecule has 4 aromatic rings. The molecule has 29 heavy (non-hydrogen) atoms. The first-order valence-electron chi connectivity index (χ1n) is 8.97. The Kier molecular flexibility index (Phi) is 5.22. The van der Waals surface area contributed by atoms with E-state index < -0.39 is 0 Å². The first-order valence-corrected chi connectivity index (χ1v) is 10.2. The third-order valence-electron chi connectivity index (χ3n) is 4.68. The van der Waals surface area contributed by atoms with Gasteiger partial charge in [0.25, 0.3) is 11.5 Å². The minimum atomic E-state index is -0.0883. The lowest BCUT2D eigenvalue weighted by molar-refractivity contribution is 0.0827. The molecule has 0 atom stereocenters. The molecule has 0 fully saturated rings. The highest BCUT2D eigenvalue weighted by Gasteiger charge is 2.14. The summed E-state index contributed by atoms with van der Waals surface area (Å²) in [4.78, 5) is 31.9. The minimum absolute atomic E-state index is 0.0531. The van der Waals surface area contributed by atoms with Crippen molar-refractivity contribution in [1.82, 2.24) is 14.5 Å². The van der Waals surface area contributed by atoms with Crippen LogP contribution >= 0.6 is 22.9 Å². The van der Waals surface area contributed by atoms with E-state index in [9.17, 15) is 9.59 Å². The Morgan fingerprint density at radius 3 is 2.45 bits per heavy atom. The molecule has 5 nitrogen and oxygen atoms in total. The number of hydrogen-bond donors (Lipinski definition) is 0. The highest BCUT2D eigenvalue weighted by molar-refractivity contribution is 7.17. The fourth-order valence-corrected chi connectivity index (χ4v) is 4.16. The number of halogens is 1. The normalized spacial score (nSPS) is 11.0. The van der Waals surface area contributed by atoms with Crippen LogP contribution in [0.25, 0.3) is 21.3 Å². The van der Waals surface area contributed by atoms with Gasteiger partial charge < -0.3 is 4.90 Å². The molecule has 0 saturated heterocycles. The Hall–Kier alpha value is -2.96. The summed E-state index contributed by atoms with van der Waals surface area (Å²) in [5.41, 5.74) is 3.24. The average molecular weight is 424 g/mol. The molecule has 0 aliphatic rings. The molecular weight excluding hydrogens is 406 g/mol. The van der Waals surface area contributed by atoms with Gasteiger partial charge in [0.15, 0.2) is 0 Å². The van der Waals surface area contributed by atoms with Gasteiger partial charge in [-0.05, 0) is 35.4 Å². The summed E-state index contributed by atoms with van der Waals surface area (Å²) in [5, 5.41) is 3.22. The van der Waals surface area contributed by atoms with Crippen molar-refractivity contribution in [2.24, 2.45) is 0 Å². The predicted molar refractivity (Wildman–Crippen MR) is 118 cm³/mol. The Labute approximate surface area is 176 Å². The molecule has 2 aromatic carbocycles. The van der Waals surface area contributed by atoms with E-state index in [-0.39, 0.29) is 11.5 Å². The smallest absolute Gasteiger partial charge is 0.263 e. The molecule has 4 rings (SSSR count). The predicted octanol–water partition coefficient (Wildman–Crippen LogP) is 4.53. The molecule has 1 amide bonds. The van der Waals surface area contributed by atoms with Crippen LogP contribution in [0.5, 0.6) is 0 Å². The number of hydrogen-bond acceptors (Lipinski definition) is 4. The molecule has 2 aromatic heterocycles. The van der Waals surface area contributed by atoms with Crippen molar-refractivity contribution in [1.29, 1.82) is 0 Å². The molecule has 0 saturated carbocycles. The van der Waals surface area contributed by atoms with Crippen molar-refractivity contribution in [2.75, 3.05) is 14.1 Å². The van der Waals surface area contributed by atoms with Gasteiger partial charge in [0.05, 0.1) is 18.3 Å². The van der Waals surface area contributed by atoms with E-state index in [1.54, 1.807) is 37.1 Å². The van der Waals surface area contributed by atoms with E-state index in [1.165, 1.54) is 16.2 Å². The molecule has 0 bridgehead atoms. The Bertz CT molecular complexity index is 1240. The molecule has 146 valence electrons. The van der Waals surface area contributed by atoms with Crippen molar-refractivity contribution in [3.05, 3.63) is 86.7 Å². The zero-order valence-corrected chi connectivity index (χ0v) is 17.5. The lowest BCUT2D eigenvalue weighted by Gasteiger charge is -2.11. The highest BCUT2D eigenvalue weighted by Crippen LogP contribution is 2.31. The van der Waals surface area contributed by atoms with Gasteiger partial charge >= 0.3 is 0 Å². The number of carbonyl (C=O) groups excluding carboxylic acids is 1. The fraction of sp³-hybridized carbons (Fsp3) is 0.136. The summed E-state index contributed by atoms with van der Waals surface area (Å²) in [5.74, 6) is -0.0531. The van der Waals surface area contributed by atoms with Crippen molar-refractivity contribution in [2.45, 2.75) is 6.54 Å². The van der Waals surface area contributed by atoms with Gasteiger partial charge in [-0.2, -0.15) is 0 Å². The maximum absolute atomic E-state index is 13.2. The topological polar surface area (TPSA) is 55.2 Å². The molecule has 7 heteroatoms. The number of benzene rings is 2.